The van der Waals surface area contributed by atoms with Crippen LogP contribution in [0.25, 0.3) is 0 Å². The Morgan fingerprint density at radius 1 is 0.931 bits per heavy atom. The van der Waals surface area contributed by atoms with Crippen molar-refractivity contribution in [1.29, 1.82) is 0 Å². The van der Waals surface area contributed by atoms with Gasteiger partial charge in [0.25, 0.3) is 5.69 Å². The lowest BCUT2D eigenvalue weighted by Crippen LogP contribution is -2.19. The van der Waals surface area contributed by atoms with Crippen LogP contribution in [0.1, 0.15) is 5.56 Å². The van der Waals surface area contributed by atoms with Crippen molar-refractivity contribution in [2.75, 3.05) is 4.90 Å². The number of amides is 1. The summed E-state index contributed by atoms with van der Waals surface area (Å²) in [6, 6.07) is 2.52. The van der Waals surface area contributed by atoms with E-state index in [2.05, 4.69) is 0 Å². The van der Waals surface area contributed by atoms with Crippen LogP contribution in [0, 0.1) is 30.3 Å². The van der Waals surface area contributed by atoms with Gasteiger partial charge in [-0.1, -0.05) is 11.6 Å². The van der Waals surface area contributed by atoms with Gasteiger partial charge in [0.2, 0.25) is 12.1 Å². The quantitative estimate of drug-likeness (QED) is 0.372. The maximum absolute atomic E-state index is 13.0. The van der Waals surface area contributed by atoms with Crippen molar-refractivity contribution in [1.82, 2.24) is 0 Å². The van der Waals surface area contributed by atoms with E-state index in [9.17, 15) is 48.3 Å². The number of anilines is 2. The van der Waals surface area contributed by atoms with Crippen LogP contribution in [-0.2, 0) is 11.0 Å². The third kappa shape index (κ3) is 4.21. The molecule has 0 aliphatic rings. The molecule has 2 aromatic rings. The number of halogens is 4. The summed E-state index contributed by atoms with van der Waals surface area (Å²) in [5.41, 5.74) is -6.56. The Balaban J connectivity index is 2.86. The summed E-state index contributed by atoms with van der Waals surface area (Å²) in [5.74, 6) is 0. The van der Waals surface area contributed by atoms with Gasteiger partial charge in [0.1, 0.15) is 0 Å². The molecule has 29 heavy (non-hydrogen) atoms. The molecule has 0 heterocycles. The molecular formula is C14H6ClF3N4O7. The lowest BCUT2D eigenvalue weighted by atomic mass is 10.1. The Morgan fingerprint density at radius 3 is 1.79 bits per heavy atom. The minimum Gasteiger partial charge on any atom is -0.278 e. The molecule has 15 heteroatoms. The van der Waals surface area contributed by atoms with Crippen LogP contribution in [0.3, 0.4) is 0 Å². The van der Waals surface area contributed by atoms with Crippen LogP contribution in [0.5, 0.6) is 0 Å². The Labute approximate surface area is 162 Å². The van der Waals surface area contributed by atoms with Gasteiger partial charge >= 0.3 is 17.6 Å². The monoisotopic (exact) mass is 434 g/mol. The summed E-state index contributed by atoms with van der Waals surface area (Å²) >= 11 is 5.84. The number of nitro groups is 3. The van der Waals surface area contributed by atoms with E-state index in [1.54, 1.807) is 0 Å². The average molecular weight is 435 g/mol. The number of carbonyl (C=O) groups excluding carboxylic acids is 1. The lowest BCUT2D eigenvalue weighted by Gasteiger charge is -2.19. The van der Waals surface area contributed by atoms with Gasteiger partial charge in [0.05, 0.1) is 31.0 Å². The molecule has 0 bridgehead atoms. The first-order valence-corrected chi connectivity index (χ1v) is 7.48. The summed E-state index contributed by atoms with van der Waals surface area (Å²) in [6.45, 7) is 0. The fraction of sp³-hybridized carbons (Fsp3) is 0.0714. The number of nitrogens with zero attached hydrogens (tertiary/aromatic N) is 4. The van der Waals surface area contributed by atoms with Gasteiger partial charge in [-0.25, -0.2) is 0 Å². The van der Waals surface area contributed by atoms with E-state index in [0.29, 0.717) is 0 Å². The minimum absolute atomic E-state index is 0.0259. The van der Waals surface area contributed by atoms with E-state index < -0.39 is 60.0 Å². The van der Waals surface area contributed by atoms with E-state index in [1.807, 2.05) is 0 Å². The smallest absolute Gasteiger partial charge is 0.278 e. The molecule has 0 saturated heterocycles. The molecule has 0 fully saturated rings. The van der Waals surface area contributed by atoms with Crippen LogP contribution in [-0.4, -0.2) is 21.2 Å². The zero-order chi connectivity index (χ0) is 22.1. The van der Waals surface area contributed by atoms with E-state index in [-0.39, 0.29) is 23.4 Å². The van der Waals surface area contributed by atoms with Crippen LogP contribution in [0.2, 0.25) is 5.02 Å². The van der Waals surface area contributed by atoms with Crippen molar-refractivity contribution in [2.45, 2.75) is 6.18 Å². The molecule has 0 aliphatic heterocycles. The highest BCUT2D eigenvalue weighted by atomic mass is 35.5. The van der Waals surface area contributed by atoms with E-state index in [4.69, 9.17) is 11.6 Å². The Hall–Kier alpha value is -3.81. The number of non-ortho nitro benzene ring substituents is 1. The molecule has 0 spiro atoms. The number of alkyl halides is 3. The van der Waals surface area contributed by atoms with Crippen molar-refractivity contribution in [3.05, 3.63) is 71.3 Å². The maximum atomic E-state index is 13.0. The SMILES string of the molecule is O=CN(c1ccc([N+](=O)[O-])cc1Cl)c1c([N+](=O)[O-])cc(C(F)(F)F)cc1[N+](=O)[O-]. The second kappa shape index (κ2) is 7.67. The van der Waals surface area contributed by atoms with E-state index in [1.165, 1.54) is 0 Å². The largest absolute Gasteiger partial charge is 0.416 e. The molecule has 0 N–H and O–H groups in total. The van der Waals surface area contributed by atoms with Gasteiger partial charge in [-0.2, -0.15) is 13.2 Å². The summed E-state index contributed by atoms with van der Waals surface area (Å²) in [6.07, 6.45) is -5.30. The Kier molecular flexibility index (Phi) is 5.68. The first-order chi connectivity index (χ1) is 13.4. The van der Waals surface area contributed by atoms with Crippen molar-refractivity contribution in [3.63, 3.8) is 0 Å². The standard InChI is InChI=1S/C14H6ClF3N4O7/c15-9-5-8(20(24)25)1-2-10(9)19(6-23)13-11(21(26)27)3-7(14(16,17)18)4-12(13)22(28)29/h1-6H. The number of hydrogen-bond acceptors (Lipinski definition) is 7. The molecule has 152 valence electrons. The van der Waals surface area contributed by atoms with Crippen molar-refractivity contribution >= 4 is 46.4 Å². The van der Waals surface area contributed by atoms with Gasteiger partial charge < -0.3 is 0 Å². The van der Waals surface area contributed by atoms with E-state index >= 15 is 0 Å². The predicted molar refractivity (Wildman–Crippen MR) is 91.1 cm³/mol. The van der Waals surface area contributed by atoms with Gasteiger partial charge in [-0.3, -0.25) is 40.0 Å². The highest BCUT2D eigenvalue weighted by molar-refractivity contribution is 6.34. The topological polar surface area (TPSA) is 150 Å². The third-order valence-corrected chi connectivity index (χ3v) is 3.84. The number of nitro benzene ring substituents is 3. The molecule has 0 aromatic heterocycles. The zero-order valence-electron chi connectivity index (χ0n) is 13.6. The molecule has 0 aliphatic carbocycles. The van der Waals surface area contributed by atoms with Crippen LogP contribution < -0.4 is 4.90 Å². The first-order valence-electron chi connectivity index (χ1n) is 7.11. The second-order valence-corrected chi connectivity index (χ2v) is 5.65. The predicted octanol–water partition coefficient (Wildman–Crippen LogP) is 4.38. The highest BCUT2D eigenvalue weighted by Gasteiger charge is 2.40. The molecule has 0 atom stereocenters. The number of benzene rings is 2. The molecule has 0 saturated carbocycles. The number of carbonyl (C=O) groups is 1. The number of hydrogen-bond donors (Lipinski definition) is 0. The van der Waals surface area contributed by atoms with Gasteiger partial charge in [0, 0.05) is 24.3 Å². The van der Waals surface area contributed by atoms with Crippen LogP contribution >= 0.6 is 11.6 Å². The Morgan fingerprint density at radius 2 is 1.45 bits per heavy atom. The summed E-state index contributed by atoms with van der Waals surface area (Å²) in [4.78, 5) is 41.7. The molecule has 0 unspecified atom stereocenters. The maximum Gasteiger partial charge on any atom is 0.416 e. The molecule has 2 aromatic carbocycles. The minimum atomic E-state index is -5.15. The van der Waals surface area contributed by atoms with Crippen molar-refractivity contribution in [2.24, 2.45) is 0 Å². The summed E-state index contributed by atoms with van der Waals surface area (Å²) < 4.78 is 38.9. The fourth-order valence-electron chi connectivity index (χ4n) is 2.33. The average Bonchev–Trinajstić information content (AvgIpc) is 2.61. The summed E-state index contributed by atoms with van der Waals surface area (Å²) in [7, 11) is 0. The third-order valence-electron chi connectivity index (χ3n) is 3.54. The van der Waals surface area contributed by atoms with E-state index in [0.717, 1.165) is 18.2 Å². The van der Waals surface area contributed by atoms with Crippen molar-refractivity contribution < 1.29 is 32.7 Å². The molecular weight excluding hydrogens is 429 g/mol. The van der Waals surface area contributed by atoms with Crippen LogP contribution in [0.15, 0.2) is 30.3 Å². The van der Waals surface area contributed by atoms with Gasteiger partial charge in [-0.15, -0.1) is 0 Å². The molecule has 1 amide bonds. The number of rotatable bonds is 6. The fourth-order valence-corrected chi connectivity index (χ4v) is 2.59. The second-order valence-electron chi connectivity index (χ2n) is 5.24. The Bertz CT molecular complexity index is 1010. The lowest BCUT2D eigenvalue weighted by molar-refractivity contribution is -0.392. The highest BCUT2D eigenvalue weighted by Crippen LogP contribution is 2.46. The van der Waals surface area contributed by atoms with Crippen molar-refractivity contribution in [3.8, 4) is 0 Å². The summed E-state index contributed by atoms with van der Waals surface area (Å²) in [5, 5.41) is 32.9. The first kappa shape index (κ1) is 21.5. The van der Waals surface area contributed by atoms with Crippen LogP contribution in [0.4, 0.5) is 41.6 Å². The normalized spacial score (nSPS) is 11.0. The molecule has 11 nitrogen and oxygen atoms in total. The molecule has 0 radical (unpaired) electrons. The van der Waals surface area contributed by atoms with Gasteiger partial charge in [0.15, 0.2) is 0 Å². The van der Waals surface area contributed by atoms with Gasteiger partial charge in [-0.05, 0) is 6.07 Å². The molecule has 2 rings (SSSR count). The zero-order valence-corrected chi connectivity index (χ0v) is 14.4.